The largest absolute Gasteiger partial charge is 0.489 e. The highest BCUT2D eigenvalue weighted by Crippen LogP contribution is 2.24. The summed E-state index contributed by atoms with van der Waals surface area (Å²) >= 11 is 3.43. The quantitative estimate of drug-likeness (QED) is 0.743. The summed E-state index contributed by atoms with van der Waals surface area (Å²) in [5.41, 5.74) is 2.68. The van der Waals surface area contributed by atoms with Crippen LogP contribution in [0, 0.1) is 0 Å². The van der Waals surface area contributed by atoms with Crippen molar-refractivity contribution in [2.75, 3.05) is 0 Å². The maximum Gasteiger partial charge on any atom is 0.119 e. The van der Waals surface area contributed by atoms with E-state index in [2.05, 4.69) is 61.0 Å². The van der Waals surface area contributed by atoms with Crippen molar-refractivity contribution in [2.24, 2.45) is 0 Å². The van der Waals surface area contributed by atoms with Gasteiger partial charge in [0.25, 0.3) is 0 Å². The van der Waals surface area contributed by atoms with Crippen molar-refractivity contribution in [2.45, 2.75) is 32.8 Å². The van der Waals surface area contributed by atoms with Crippen LogP contribution < -0.4 is 4.74 Å². The maximum atomic E-state index is 5.78. The molecule has 0 unspecified atom stereocenters. The predicted octanol–water partition coefficient (Wildman–Crippen LogP) is 5.33. The van der Waals surface area contributed by atoms with Crippen molar-refractivity contribution in [1.82, 2.24) is 0 Å². The highest BCUT2D eigenvalue weighted by Gasteiger charge is 2.12. The van der Waals surface area contributed by atoms with E-state index in [1.54, 1.807) is 0 Å². The lowest BCUT2D eigenvalue weighted by Gasteiger charge is -2.19. The Hall–Kier alpha value is -1.28. The number of hydrogen-bond acceptors (Lipinski definition) is 1. The third kappa shape index (κ3) is 4.10. The van der Waals surface area contributed by atoms with Gasteiger partial charge < -0.3 is 4.74 Å². The van der Waals surface area contributed by atoms with Crippen LogP contribution in [0.4, 0.5) is 0 Å². The van der Waals surface area contributed by atoms with Gasteiger partial charge in [0, 0.05) is 4.47 Å². The van der Waals surface area contributed by atoms with Gasteiger partial charge in [-0.2, -0.15) is 0 Å². The topological polar surface area (TPSA) is 9.23 Å². The molecule has 0 bridgehead atoms. The second kappa shape index (κ2) is 5.79. The fourth-order valence-electron chi connectivity index (χ4n) is 1.80. The Labute approximate surface area is 123 Å². The average molecular weight is 319 g/mol. The molecule has 2 aromatic rings. The summed E-state index contributed by atoms with van der Waals surface area (Å²) < 4.78 is 6.87. The molecule has 100 valence electrons. The molecule has 0 radical (unpaired) electrons. The van der Waals surface area contributed by atoms with Crippen molar-refractivity contribution < 1.29 is 4.74 Å². The van der Waals surface area contributed by atoms with Gasteiger partial charge >= 0.3 is 0 Å². The molecule has 2 aromatic carbocycles. The minimum atomic E-state index is 0.185. The fourth-order valence-corrected chi connectivity index (χ4v) is 2.06. The van der Waals surface area contributed by atoms with Crippen molar-refractivity contribution >= 4 is 15.9 Å². The molecule has 2 rings (SSSR count). The van der Waals surface area contributed by atoms with E-state index < -0.39 is 0 Å². The molecule has 0 aliphatic carbocycles. The molecule has 0 heterocycles. The first-order valence-corrected chi connectivity index (χ1v) is 7.22. The van der Waals surface area contributed by atoms with E-state index in [0.717, 1.165) is 10.2 Å². The van der Waals surface area contributed by atoms with Crippen LogP contribution in [0.15, 0.2) is 53.0 Å². The van der Waals surface area contributed by atoms with Crippen molar-refractivity contribution in [3.8, 4) is 5.75 Å². The Balaban J connectivity index is 1.98. The minimum Gasteiger partial charge on any atom is -0.489 e. The molecule has 1 nitrogen and oxygen atoms in total. The third-order valence-electron chi connectivity index (χ3n) is 3.04. The first-order chi connectivity index (χ1) is 8.95. The summed E-state index contributed by atoms with van der Waals surface area (Å²) in [4.78, 5) is 0. The normalized spacial score (nSPS) is 11.4. The fraction of sp³-hybridized carbons (Fsp3) is 0.294. The minimum absolute atomic E-state index is 0.185. The zero-order valence-corrected chi connectivity index (χ0v) is 13.2. The Morgan fingerprint density at radius 2 is 1.47 bits per heavy atom. The summed E-state index contributed by atoms with van der Waals surface area (Å²) in [6.07, 6.45) is 0. The lowest BCUT2D eigenvalue weighted by atomic mass is 9.87. The second-order valence-electron chi connectivity index (χ2n) is 5.69. The van der Waals surface area contributed by atoms with Crippen LogP contribution in [0.1, 0.15) is 31.9 Å². The van der Waals surface area contributed by atoms with E-state index in [-0.39, 0.29) is 5.41 Å². The zero-order valence-electron chi connectivity index (χ0n) is 11.6. The Morgan fingerprint density at radius 1 is 0.895 bits per heavy atom. The summed E-state index contributed by atoms with van der Waals surface area (Å²) in [5.74, 6) is 0.913. The standard InChI is InChI=1S/C17H19BrO/c1-17(2,3)14-6-10-16(11-7-14)19-12-13-4-8-15(18)9-5-13/h4-11H,12H2,1-3H3. The van der Waals surface area contributed by atoms with E-state index >= 15 is 0 Å². The monoisotopic (exact) mass is 318 g/mol. The van der Waals surface area contributed by atoms with Crippen LogP contribution in [-0.4, -0.2) is 0 Å². The molecule has 19 heavy (non-hydrogen) atoms. The summed E-state index contributed by atoms with van der Waals surface area (Å²) in [6, 6.07) is 16.5. The van der Waals surface area contributed by atoms with E-state index in [0.29, 0.717) is 6.61 Å². The van der Waals surface area contributed by atoms with Crippen LogP contribution in [0.3, 0.4) is 0 Å². The van der Waals surface area contributed by atoms with Crippen LogP contribution >= 0.6 is 15.9 Å². The summed E-state index contributed by atoms with van der Waals surface area (Å²) in [5, 5.41) is 0. The van der Waals surface area contributed by atoms with E-state index in [1.165, 1.54) is 11.1 Å². The van der Waals surface area contributed by atoms with E-state index in [9.17, 15) is 0 Å². The number of rotatable bonds is 3. The van der Waals surface area contributed by atoms with Gasteiger partial charge in [0.1, 0.15) is 12.4 Å². The maximum absolute atomic E-state index is 5.78. The van der Waals surface area contributed by atoms with Gasteiger partial charge in [-0.15, -0.1) is 0 Å². The Kier molecular flexibility index (Phi) is 4.31. The molecule has 0 fully saturated rings. The number of benzene rings is 2. The first kappa shape index (κ1) is 14.1. The molecule has 0 spiro atoms. The molecular formula is C17H19BrO. The SMILES string of the molecule is CC(C)(C)c1ccc(OCc2ccc(Br)cc2)cc1. The van der Waals surface area contributed by atoms with Gasteiger partial charge in [0.05, 0.1) is 0 Å². The molecule has 0 saturated carbocycles. The van der Waals surface area contributed by atoms with Crippen LogP contribution in [0.5, 0.6) is 5.75 Å². The number of halogens is 1. The van der Waals surface area contributed by atoms with Gasteiger partial charge in [0.2, 0.25) is 0 Å². The van der Waals surface area contributed by atoms with Gasteiger partial charge in [0.15, 0.2) is 0 Å². The smallest absolute Gasteiger partial charge is 0.119 e. The van der Waals surface area contributed by atoms with E-state index in [1.807, 2.05) is 24.3 Å². The molecule has 0 aromatic heterocycles. The summed E-state index contributed by atoms with van der Waals surface area (Å²) in [7, 11) is 0. The number of hydrogen-bond donors (Lipinski definition) is 0. The molecule has 0 saturated heterocycles. The lowest BCUT2D eigenvalue weighted by molar-refractivity contribution is 0.306. The molecule has 0 atom stereocenters. The number of ether oxygens (including phenoxy) is 1. The van der Waals surface area contributed by atoms with Crippen molar-refractivity contribution in [3.63, 3.8) is 0 Å². The van der Waals surface area contributed by atoms with Crippen molar-refractivity contribution in [1.29, 1.82) is 0 Å². The predicted molar refractivity (Wildman–Crippen MR) is 83.6 cm³/mol. The average Bonchev–Trinajstić information content (AvgIpc) is 2.37. The Bertz CT molecular complexity index is 521. The molecule has 0 aliphatic rings. The Morgan fingerprint density at radius 3 is 2.00 bits per heavy atom. The highest BCUT2D eigenvalue weighted by molar-refractivity contribution is 9.10. The van der Waals surface area contributed by atoms with E-state index in [4.69, 9.17) is 4.74 Å². The van der Waals surface area contributed by atoms with Crippen molar-refractivity contribution in [3.05, 3.63) is 64.1 Å². The molecule has 0 aliphatic heterocycles. The summed E-state index contributed by atoms with van der Waals surface area (Å²) in [6.45, 7) is 7.24. The highest BCUT2D eigenvalue weighted by atomic mass is 79.9. The molecular weight excluding hydrogens is 300 g/mol. The molecule has 0 N–H and O–H groups in total. The molecule has 0 amide bonds. The second-order valence-corrected chi connectivity index (χ2v) is 6.61. The van der Waals surface area contributed by atoms with Crippen LogP contribution in [0.2, 0.25) is 0 Å². The lowest BCUT2D eigenvalue weighted by Crippen LogP contribution is -2.10. The van der Waals surface area contributed by atoms with Gasteiger partial charge in [-0.1, -0.05) is 61.0 Å². The van der Waals surface area contributed by atoms with Gasteiger partial charge in [-0.25, -0.2) is 0 Å². The third-order valence-corrected chi connectivity index (χ3v) is 3.57. The first-order valence-electron chi connectivity index (χ1n) is 6.43. The molecule has 2 heteroatoms. The van der Waals surface area contributed by atoms with Gasteiger partial charge in [-0.3, -0.25) is 0 Å². The zero-order chi connectivity index (χ0) is 13.9. The van der Waals surface area contributed by atoms with Gasteiger partial charge in [-0.05, 0) is 40.8 Å². The van der Waals surface area contributed by atoms with Crippen LogP contribution in [0.25, 0.3) is 0 Å². The van der Waals surface area contributed by atoms with Crippen LogP contribution in [-0.2, 0) is 12.0 Å².